The Hall–Kier alpha value is 0.0200. The highest BCUT2D eigenvalue weighted by molar-refractivity contribution is 6.38. The lowest BCUT2D eigenvalue weighted by atomic mass is 9.88. The van der Waals surface area contributed by atoms with Crippen LogP contribution in [0.15, 0.2) is 6.07 Å². The van der Waals surface area contributed by atoms with Crippen LogP contribution in [0.1, 0.15) is 26.3 Å². The van der Waals surface area contributed by atoms with Crippen molar-refractivity contribution in [1.82, 2.24) is 4.98 Å². The van der Waals surface area contributed by atoms with Gasteiger partial charge in [0.1, 0.15) is 10.3 Å². The average molecular weight is 239 g/mol. The second kappa shape index (κ2) is 3.64. The van der Waals surface area contributed by atoms with Gasteiger partial charge in [0.2, 0.25) is 0 Å². The van der Waals surface area contributed by atoms with Crippen LogP contribution in [0.2, 0.25) is 15.3 Å². The Morgan fingerprint density at radius 1 is 1.15 bits per heavy atom. The molecule has 0 unspecified atom stereocenters. The molecule has 0 amide bonds. The lowest BCUT2D eigenvalue weighted by Crippen LogP contribution is -2.13. The molecule has 1 heterocycles. The van der Waals surface area contributed by atoms with Crippen molar-refractivity contribution < 1.29 is 0 Å². The molecule has 0 aromatic carbocycles. The zero-order valence-electron chi connectivity index (χ0n) is 7.66. The summed E-state index contributed by atoms with van der Waals surface area (Å²) in [6.07, 6.45) is 0. The van der Waals surface area contributed by atoms with Gasteiger partial charge in [-0.3, -0.25) is 0 Å². The molecule has 0 aliphatic rings. The summed E-state index contributed by atoms with van der Waals surface area (Å²) in [5, 5.41) is 1.27. The van der Waals surface area contributed by atoms with Gasteiger partial charge in [0.15, 0.2) is 0 Å². The summed E-state index contributed by atoms with van der Waals surface area (Å²) < 4.78 is 0. The first kappa shape index (κ1) is 11.1. The van der Waals surface area contributed by atoms with Gasteiger partial charge >= 0.3 is 0 Å². The van der Waals surface area contributed by atoms with E-state index in [0.717, 1.165) is 5.56 Å². The maximum atomic E-state index is 6.01. The van der Waals surface area contributed by atoms with E-state index < -0.39 is 0 Å². The van der Waals surface area contributed by atoms with Crippen molar-refractivity contribution in [1.29, 1.82) is 0 Å². The predicted molar refractivity (Wildman–Crippen MR) is 58.0 cm³/mol. The number of nitrogens with zero attached hydrogens (tertiary/aromatic N) is 1. The molecule has 0 aliphatic carbocycles. The smallest absolute Gasteiger partial charge is 0.136 e. The van der Waals surface area contributed by atoms with Crippen molar-refractivity contribution in [3.05, 3.63) is 27.0 Å². The van der Waals surface area contributed by atoms with Gasteiger partial charge in [0.05, 0.1) is 5.02 Å². The van der Waals surface area contributed by atoms with Gasteiger partial charge in [-0.25, -0.2) is 4.98 Å². The van der Waals surface area contributed by atoms with E-state index in [4.69, 9.17) is 34.8 Å². The molecule has 4 heteroatoms. The quantitative estimate of drug-likeness (QED) is 0.613. The SMILES string of the molecule is CC(C)(C)c1c(Cl)cc(Cl)nc1Cl. The third-order valence-electron chi connectivity index (χ3n) is 1.65. The molecule has 0 atom stereocenters. The van der Waals surface area contributed by atoms with Gasteiger partial charge in [-0.05, 0) is 11.5 Å². The molecule has 72 valence electrons. The first-order valence-electron chi connectivity index (χ1n) is 3.84. The van der Waals surface area contributed by atoms with Crippen LogP contribution in [0.25, 0.3) is 0 Å². The van der Waals surface area contributed by atoms with Crippen molar-refractivity contribution in [2.45, 2.75) is 26.2 Å². The van der Waals surface area contributed by atoms with Crippen molar-refractivity contribution >= 4 is 34.8 Å². The molecule has 1 nitrogen and oxygen atoms in total. The highest BCUT2D eigenvalue weighted by Crippen LogP contribution is 2.35. The standard InChI is InChI=1S/C9H10Cl3N/c1-9(2,3)7-5(10)4-6(11)13-8(7)12/h4H,1-3H3. The van der Waals surface area contributed by atoms with Crippen LogP contribution < -0.4 is 0 Å². The predicted octanol–water partition coefficient (Wildman–Crippen LogP) is 4.34. The second-order valence-electron chi connectivity index (χ2n) is 3.84. The van der Waals surface area contributed by atoms with Crippen molar-refractivity contribution in [3.8, 4) is 0 Å². The Kier molecular flexibility index (Phi) is 3.11. The number of hydrogen-bond acceptors (Lipinski definition) is 1. The van der Waals surface area contributed by atoms with Crippen LogP contribution in [-0.4, -0.2) is 4.98 Å². The van der Waals surface area contributed by atoms with E-state index in [2.05, 4.69) is 4.98 Å². The molecule has 1 rings (SSSR count). The second-order valence-corrected chi connectivity index (χ2v) is 5.00. The van der Waals surface area contributed by atoms with Crippen molar-refractivity contribution in [2.75, 3.05) is 0 Å². The van der Waals surface area contributed by atoms with Crippen molar-refractivity contribution in [3.63, 3.8) is 0 Å². The molecule has 1 aromatic heterocycles. The Labute approximate surface area is 93.0 Å². The molecule has 0 radical (unpaired) electrons. The van der Waals surface area contributed by atoms with E-state index in [0.29, 0.717) is 15.3 Å². The minimum Gasteiger partial charge on any atom is -0.224 e. The summed E-state index contributed by atoms with van der Waals surface area (Å²) in [6, 6.07) is 1.61. The van der Waals surface area contributed by atoms with Crippen LogP contribution in [0.5, 0.6) is 0 Å². The largest absolute Gasteiger partial charge is 0.224 e. The van der Waals surface area contributed by atoms with Crippen molar-refractivity contribution in [2.24, 2.45) is 0 Å². The van der Waals surface area contributed by atoms with E-state index in [1.54, 1.807) is 6.07 Å². The zero-order valence-corrected chi connectivity index (χ0v) is 9.93. The molecule has 13 heavy (non-hydrogen) atoms. The molecule has 0 N–H and O–H groups in total. The number of aromatic nitrogens is 1. The number of hydrogen-bond donors (Lipinski definition) is 0. The van der Waals surface area contributed by atoms with E-state index in [1.807, 2.05) is 20.8 Å². The summed E-state index contributed by atoms with van der Waals surface area (Å²) in [7, 11) is 0. The Morgan fingerprint density at radius 3 is 2.08 bits per heavy atom. The van der Waals surface area contributed by atoms with Gasteiger partial charge in [0, 0.05) is 5.56 Å². The minimum atomic E-state index is -0.119. The zero-order chi connectivity index (χ0) is 10.2. The third kappa shape index (κ3) is 2.49. The number of halogens is 3. The van der Waals surface area contributed by atoms with Crippen LogP contribution in [0.3, 0.4) is 0 Å². The molecule has 0 aliphatic heterocycles. The summed E-state index contributed by atoms with van der Waals surface area (Å²) in [4.78, 5) is 3.95. The Morgan fingerprint density at radius 2 is 1.69 bits per heavy atom. The number of pyridine rings is 1. The molecular weight excluding hydrogens is 228 g/mol. The summed E-state index contributed by atoms with van der Waals surface area (Å²) in [5.41, 5.74) is 0.714. The van der Waals surface area contributed by atoms with E-state index in [1.165, 1.54) is 0 Å². The van der Waals surface area contributed by atoms with Gasteiger partial charge in [0.25, 0.3) is 0 Å². The topological polar surface area (TPSA) is 12.9 Å². The maximum Gasteiger partial charge on any atom is 0.136 e. The average Bonchev–Trinajstić information content (AvgIpc) is 1.78. The van der Waals surface area contributed by atoms with Gasteiger partial charge < -0.3 is 0 Å². The van der Waals surface area contributed by atoms with Gasteiger partial charge in [-0.1, -0.05) is 55.6 Å². The highest BCUT2D eigenvalue weighted by Gasteiger charge is 2.22. The third-order valence-corrected chi connectivity index (χ3v) is 2.41. The summed E-state index contributed by atoms with van der Waals surface area (Å²) in [5.74, 6) is 0. The molecule has 0 bridgehead atoms. The molecule has 1 aromatic rings. The van der Waals surface area contributed by atoms with Crippen LogP contribution in [-0.2, 0) is 5.41 Å². The summed E-state index contributed by atoms with van der Waals surface area (Å²) >= 11 is 17.6. The molecule has 0 fully saturated rings. The highest BCUT2D eigenvalue weighted by atomic mass is 35.5. The van der Waals surface area contributed by atoms with Gasteiger partial charge in [-0.15, -0.1) is 0 Å². The Bertz CT molecular complexity index is 305. The fourth-order valence-electron chi connectivity index (χ4n) is 1.12. The van der Waals surface area contributed by atoms with E-state index >= 15 is 0 Å². The van der Waals surface area contributed by atoms with E-state index in [-0.39, 0.29) is 5.41 Å². The lowest BCUT2D eigenvalue weighted by Gasteiger charge is -2.21. The molecule has 0 saturated heterocycles. The first-order chi connectivity index (χ1) is 5.82. The summed E-state index contributed by atoms with van der Waals surface area (Å²) in [6.45, 7) is 6.07. The fraction of sp³-hybridized carbons (Fsp3) is 0.444. The number of rotatable bonds is 0. The molecule has 0 saturated carbocycles. The fourth-order valence-corrected chi connectivity index (χ4v) is 2.42. The minimum absolute atomic E-state index is 0.119. The van der Waals surface area contributed by atoms with Crippen LogP contribution >= 0.6 is 34.8 Å². The first-order valence-corrected chi connectivity index (χ1v) is 4.98. The molecule has 0 spiro atoms. The maximum absolute atomic E-state index is 6.01. The van der Waals surface area contributed by atoms with Gasteiger partial charge in [-0.2, -0.15) is 0 Å². The normalized spacial score (nSPS) is 11.8. The van der Waals surface area contributed by atoms with E-state index in [9.17, 15) is 0 Å². The van der Waals surface area contributed by atoms with Crippen LogP contribution in [0, 0.1) is 0 Å². The Balaban J connectivity index is 3.38. The lowest BCUT2D eigenvalue weighted by molar-refractivity contribution is 0.588. The van der Waals surface area contributed by atoms with Crippen LogP contribution in [0.4, 0.5) is 0 Å². The monoisotopic (exact) mass is 237 g/mol. The molecular formula is C9H10Cl3N.